The van der Waals surface area contributed by atoms with Gasteiger partial charge in [-0.05, 0) is 12.8 Å². The molecule has 0 atom stereocenters. The van der Waals surface area contributed by atoms with E-state index >= 15 is 0 Å². The number of amides is 1. The van der Waals surface area contributed by atoms with Gasteiger partial charge in [0.05, 0.1) is 12.7 Å². The van der Waals surface area contributed by atoms with E-state index in [2.05, 4.69) is 10.5 Å². The van der Waals surface area contributed by atoms with Crippen molar-refractivity contribution in [3.05, 3.63) is 0 Å². The molecule has 56 valence electrons. The van der Waals surface area contributed by atoms with Crippen LogP contribution in [0.5, 0.6) is 0 Å². The average molecular weight is 142 g/mol. The van der Waals surface area contributed by atoms with E-state index in [4.69, 9.17) is 5.26 Å². The predicted octanol–water partition coefficient (Wildman–Crippen LogP) is 0.776. The molecule has 0 aliphatic heterocycles. The molecule has 0 aromatic heterocycles. The molecule has 0 spiro atoms. The van der Waals surface area contributed by atoms with E-state index in [0.717, 1.165) is 6.42 Å². The number of rotatable bonds is 4. The summed E-state index contributed by atoms with van der Waals surface area (Å²) in [5, 5.41) is 8.09. The molecule has 0 saturated carbocycles. The first-order valence-electron chi connectivity index (χ1n) is 3.06. The van der Waals surface area contributed by atoms with Crippen molar-refractivity contribution in [2.75, 3.05) is 6.61 Å². The summed E-state index contributed by atoms with van der Waals surface area (Å²) in [7, 11) is 0. The van der Waals surface area contributed by atoms with E-state index in [1.165, 1.54) is 0 Å². The van der Waals surface area contributed by atoms with Crippen molar-refractivity contribution in [3.63, 3.8) is 0 Å². The lowest BCUT2D eigenvalue weighted by Crippen LogP contribution is -2.13. The van der Waals surface area contributed by atoms with E-state index in [9.17, 15) is 4.79 Å². The highest BCUT2D eigenvalue weighted by Crippen LogP contribution is 1.93. The zero-order valence-corrected chi connectivity index (χ0v) is 5.67. The molecule has 0 aromatic carbocycles. The lowest BCUT2D eigenvalue weighted by Gasteiger charge is -1.97. The van der Waals surface area contributed by atoms with Gasteiger partial charge in [0.1, 0.15) is 0 Å². The highest BCUT2D eigenvalue weighted by Gasteiger charge is 1.91. The largest absolute Gasteiger partial charge is 0.450 e. The van der Waals surface area contributed by atoms with Gasteiger partial charge in [0.25, 0.3) is 0 Å². The monoisotopic (exact) mass is 142 g/mol. The fraction of sp³-hybridized carbons (Fsp3) is 0.667. The lowest BCUT2D eigenvalue weighted by atomic mass is 10.3. The number of carbonyl (C=O) groups excluding carboxylic acids is 1. The Morgan fingerprint density at radius 2 is 2.30 bits per heavy atom. The van der Waals surface area contributed by atoms with Crippen molar-refractivity contribution in [3.8, 4) is 6.07 Å². The molecular formula is C6H10N2O2. The van der Waals surface area contributed by atoms with Crippen LogP contribution in [0.2, 0.25) is 0 Å². The maximum absolute atomic E-state index is 9.97. The molecule has 0 saturated heterocycles. The van der Waals surface area contributed by atoms with Crippen LogP contribution in [-0.2, 0) is 4.74 Å². The van der Waals surface area contributed by atoms with Gasteiger partial charge in [0, 0.05) is 6.42 Å². The molecule has 10 heavy (non-hydrogen) atoms. The number of primary amides is 1. The number of hydrogen-bond donors (Lipinski definition) is 1. The molecule has 1 amide bonds. The topological polar surface area (TPSA) is 76.1 Å². The Hall–Kier alpha value is -1.24. The number of nitriles is 1. The first-order valence-corrected chi connectivity index (χ1v) is 3.06. The SMILES string of the molecule is N#CCCCCOC(N)=O. The highest BCUT2D eigenvalue weighted by molar-refractivity contribution is 5.64. The molecule has 0 heterocycles. The van der Waals surface area contributed by atoms with E-state index in [-0.39, 0.29) is 0 Å². The third-order valence-corrected chi connectivity index (χ3v) is 0.927. The van der Waals surface area contributed by atoms with Crippen molar-refractivity contribution in [1.29, 1.82) is 5.26 Å². The second-order valence-corrected chi connectivity index (χ2v) is 1.78. The van der Waals surface area contributed by atoms with Gasteiger partial charge in [-0.25, -0.2) is 4.79 Å². The minimum atomic E-state index is -0.753. The summed E-state index contributed by atoms with van der Waals surface area (Å²) in [6.07, 6.45) is 1.21. The third-order valence-electron chi connectivity index (χ3n) is 0.927. The van der Waals surface area contributed by atoms with Crippen molar-refractivity contribution in [1.82, 2.24) is 0 Å². The fourth-order valence-corrected chi connectivity index (χ4v) is 0.479. The van der Waals surface area contributed by atoms with Crippen LogP contribution in [0.3, 0.4) is 0 Å². The Bertz CT molecular complexity index is 139. The van der Waals surface area contributed by atoms with Gasteiger partial charge in [0.15, 0.2) is 0 Å². The molecule has 0 bridgehead atoms. The molecule has 0 aromatic rings. The third kappa shape index (κ3) is 6.76. The summed E-state index contributed by atoms with van der Waals surface area (Å²) < 4.78 is 4.42. The number of hydrogen-bond acceptors (Lipinski definition) is 3. The van der Waals surface area contributed by atoms with Gasteiger partial charge < -0.3 is 10.5 Å². The second kappa shape index (κ2) is 5.89. The van der Waals surface area contributed by atoms with Gasteiger partial charge in [-0.1, -0.05) is 0 Å². The normalized spacial score (nSPS) is 8.30. The molecule has 2 N–H and O–H groups in total. The average Bonchev–Trinajstić information content (AvgIpc) is 1.87. The molecule has 0 unspecified atom stereocenters. The Labute approximate surface area is 59.6 Å². The minimum Gasteiger partial charge on any atom is -0.450 e. The number of carbonyl (C=O) groups is 1. The maximum Gasteiger partial charge on any atom is 0.404 e. The molecule has 0 aliphatic carbocycles. The summed E-state index contributed by atoms with van der Waals surface area (Å²) >= 11 is 0. The van der Waals surface area contributed by atoms with Gasteiger partial charge in [-0.2, -0.15) is 5.26 Å². The van der Waals surface area contributed by atoms with Gasteiger partial charge in [0.2, 0.25) is 0 Å². The lowest BCUT2D eigenvalue weighted by molar-refractivity contribution is 0.155. The molecule has 4 nitrogen and oxygen atoms in total. The quantitative estimate of drug-likeness (QED) is 0.589. The fourth-order valence-electron chi connectivity index (χ4n) is 0.479. The smallest absolute Gasteiger partial charge is 0.404 e. The zero-order chi connectivity index (χ0) is 7.82. The van der Waals surface area contributed by atoms with Crippen molar-refractivity contribution in [2.24, 2.45) is 5.73 Å². The molecule has 0 rings (SSSR count). The van der Waals surface area contributed by atoms with E-state index in [1.54, 1.807) is 0 Å². The van der Waals surface area contributed by atoms with Crippen molar-refractivity contribution >= 4 is 6.09 Å². The Morgan fingerprint density at radius 3 is 2.80 bits per heavy atom. The molecule has 0 aliphatic rings. The first kappa shape index (κ1) is 8.76. The summed E-state index contributed by atoms with van der Waals surface area (Å²) in [5.41, 5.74) is 4.68. The van der Waals surface area contributed by atoms with Gasteiger partial charge >= 0.3 is 6.09 Å². The summed E-state index contributed by atoms with van der Waals surface area (Å²) in [5.74, 6) is 0. The van der Waals surface area contributed by atoms with Gasteiger partial charge in [-0.3, -0.25) is 0 Å². The number of unbranched alkanes of at least 4 members (excludes halogenated alkanes) is 2. The summed E-state index contributed by atoms with van der Waals surface area (Å²) in [6, 6.07) is 1.98. The van der Waals surface area contributed by atoms with Crippen molar-refractivity contribution in [2.45, 2.75) is 19.3 Å². The Morgan fingerprint density at radius 1 is 1.60 bits per heavy atom. The van der Waals surface area contributed by atoms with E-state index < -0.39 is 6.09 Å². The molecule has 0 fully saturated rings. The highest BCUT2D eigenvalue weighted by atomic mass is 16.5. The van der Waals surface area contributed by atoms with Crippen LogP contribution in [0.4, 0.5) is 4.79 Å². The molecular weight excluding hydrogens is 132 g/mol. The van der Waals surface area contributed by atoms with Crippen LogP contribution in [0.1, 0.15) is 19.3 Å². The van der Waals surface area contributed by atoms with Crippen LogP contribution in [-0.4, -0.2) is 12.7 Å². The standard InChI is InChI=1S/C6H10N2O2/c7-4-2-1-3-5-10-6(8)9/h1-3,5H2,(H2,8,9). The predicted molar refractivity (Wildman–Crippen MR) is 35.0 cm³/mol. The Kier molecular flexibility index (Phi) is 5.16. The number of ether oxygens (including phenoxy) is 1. The second-order valence-electron chi connectivity index (χ2n) is 1.78. The Balaban J connectivity index is 2.92. The number of nitrogens with two attached hydrogens (primary N) is 1. The first-order chi connectivity index (χ1) is 4.77. The molecule has 4 heteroatoms. The van der Waals surface area contributed by atoms with E-state index in [0.29, 0.717) is 19.4 Å². The molecule has 0 radical (unpaired) electrons. The maximum atomic E-state index is 9.97. The van der Waals surface area contributed by atoms with Crippen molar-refractivity contribution < 1.29 is 9.53 Å². The minimum absolute atomic E-state index is 0.316. The zero-order valence-electron chi connectivity index (χ0n) is 5.67. The van der Waals surface area contributed by atoms with Crippen LogP contribution in [0.25, 0.3) is 0 Å². The van der Waals surface area contributed by atoms with Crippen LogP contribution < -0.4 is 5.73 Å². The van der Waals surface area contributed by atoms with Crippen LogP contribution in [0, 0.1) is 11.3 Å². The van der Waals surface area contributed by atoms with Crippen LogP contribution in [0.15, 0.2) is 0 Å². The summed E-state index contributed by atoms with van der Waals surface area (Å²) in [6.45, 7) is 0.316. The van der Waals surface area contributed by atoms with Crippen LogP contribution >= 0.6 is 0 Å². The number of nitrogens with zero attached hydrogens (tertiary/aromatic N) is 1. The summed E-state index contributed by atoms with van der Waals surface area (Å²) in [4.78, 5) is 9.97. The van der Waals surface area contributed by atoms with E-state index in [1.807, 2.05) is 6.07 Å². The van der Waals surface area contributed by atoms with Gasteiger partial charge in [-0.15, -0.1) is 0 Å².